The second kappa shape index (κ2) is 7.55. The van der Waals surface area contributed by atoms with Gasteiger partial charge in [0.05, 0.1) is 11.9 Å². The normalized spacial score (nSPS) is 15.1. The van der Waals surface area contributed by atoms with E-state index < -0.39 is 0 Å². The Balaban J connectivity index is 1.81. The molecule has 2 aromatic rings. The lowest BCUT2D eigenvalue weighted by Crippen LogP contribution is -2.21. The standard InChI is InChI=1S/C17H26N4OS/c1-21(9-6-10-22-2)11-14-19-16(18)15-12-7-4-3-5-8-13(12)23-17(15)20-14/h3-11H2,1-2H3,(H2,18,19,20). The molecule has 2 heterocycles. The van der Waals surface area contributed by atoms with Crippen molar-refractivity contribution in [2.24, 2.45) is 0 Å². The zero-order chi connectivity index (χ0) is 16.2. The molecule has 3 rings (SSSR count). The SMILES string of the molecule is COCCCN(C)Cc1nc(N)c2c3c(sc2n1)CCCCC3. The summed E-state index contributed by atoms with van der Waals surface area (Å²) < 4.78 is 5.10. The summed E-state index contributed by atoms with van der Waals surface area (Å²) in [6.07, 6.45) is 7.15. The van der Waals surface area contributed by atoms with Crippen LogP contribution in [-0.4, -0.2) is 42.2 Å². The van der Waals surface area contributed by atoms with E-state index in [2.05, 4.69) is 16.9 Å². The minimum atomic E-state index is 0.662. The van der Waals surface area contributed by atoms with Crippen molar-refractivity contribution in [1.29, 1.82) is 0 Å². The van der Waals surface area contributed by atoms with Crippen LogP contribution >= 0.6 is 11.3 Å². The van der Waals surface area contributed by atoms with Crippen LogP contribution in [-0.2, 0) is 24.1 Å². The Bertz CT molecular complexity index is 670. The van der Waals surface area contributed by atoms with Gasteiger partial charge in [0.15, 0.2) is 0 Å². The molecule has 0 spiro atoms. The maximum absolute atomic E-state index is 6.29. The molecular weight excluding hydrogens is 308 g/mol. The summed E-state index contributed by atoms with van der Waals surface area (Å²) in [5.74, 6) is 1.49. The molecule has 2 N–H and O–H groups in total. The third kappa shape index (κ3) is 3.82. The Morgan fingerprint density at radius 2 is 2.04 bits per heavy atom. The summed E-state index contributed by atoms with van der Waals surface area (Å²) in [6, 6.07) is 0. The third-order valence-electron chi connectivity index (χ3n) is 4.44. The Labute approximate surface area is 141 Å². The minimum Gasteiger partial charge on any atom is -0.385 e. The smallest absolute Gasteiger partial charge is 0.146 e. The van der Waals surface area contributed by atoms with Gasteiger partial charge in [0.2, 0.25) is 0 Å². The molecule has 0 bridgehead atoms. The number of methoxy groups -OCH3 is 1. The predicted molar refractivity (Wildman–Crippen MR) is 95.9 cm³/mol. The first kappa shape index (κ1) is 16.6. The van der Waals surface area contributed by atoms with Crippen molar-refractivity contribution < 1.29 is 4.74 Å². The predicted octanol–water partition coefficient (Wildman–Crippen LogP) is 3.01. The average molecular weight is 334 g/mol. The Kier molecular flexibility index (Phi) is 5.46. The maximum atomic E-state index is 6.29. The first-order chi connectivity index (χ1) is 11.2. The summed E-state index contributed by atoms with van der Waals surface area (Å²) in [5.41, 5.74) is 7.71. The fourth-order valence-electron chi connectivity index (χ4n) is 3.28. The largest absolute Gasteiger partial charge is 0.385 e. The highest BCUT2D eigenvalue weighted by atomic mass is 32.1. The van der Waals surface area contributed by atoms with Gasteiger partial charge in [-0.25, -0.2) is 9.97 Å². The van der Waals surface area contributed by atoms with E-state index in [1.807, 2.05) is 11.3 Å². The van der Waals surface area contributed by atoms with E-state index in [-0.39, 0.29) is 0 Å². The summed E-state index contributed by atoms with van der Waals surface area (Å²) in [4.78, 5) is 14.1. The number of nitrogens with zero attached hydrogens (tertiary/aromatic N) is 3. The van der Waals surface area contributed by atoms with E-state index in [1.54, 1.807) is 7.11 Å². The fourth-order valence-corrected chi connectivity index (χ4v) is 4.57. The van der Waals surface area contributed by atoms with Crippen molar-refractivity contribution >= 4 is 27.4 Å². The molecule has 126 valence electrons. The third-order valence-corrected chi connectivity index (χ3v) is 5.62. The minimum absolute atomic E-state index is 0.662. The van der Waals surface area contributed by atoms with Gasteiger partial charge in [-0.2, -0.15) is 0 Å². The van der Waals surface area contributed by atoms with E-state index in [9.17, 15) is 0 Å². The van der Waals surface area contributed by atoms with Gasteiger partial charge in [0, 0.05) is 25.1 Å². The van der Waals surface area contributed by atoms with Gasteiger partial charge in [-0.3, -0.25) is 4.90 Å². The zero-order valence-electron chi connectivity index (χ0n) is 14.1. The maximum Gasteiger partial charge on any atom is 0.146 e. The van der Waals surface area contributed by atoms with Gasteiger partial charge in [0.1, 0.15) is 16.5 Å². The molecule has 0 radical (unpaired) electrons. The van der Waals surface area contributed by atoms with Crippen molar-refractivity contribution in [2.75, 3.05) is 33.0 Å². The molecule has 0 unspecified atom stereocenters. The molecule has 0 saturated heterocycles. The Morgan fingerprint density at radius 1 is 1.22 bits per heavy atom. The number of aromatic nitrogens is 2. The second-order valence-corrected chi connectivity index (χ2v) is 7.44. The monoisotopic (exact) mass is 334 g/mol. The average Bonchev–Trinajstić information content (AvgIpc) is 2.70. The number of hydrogen-bond acceptors (Lipinski definition) is 6. The molecule has 2 aromatic heterocycles. The number of anilines is 1. The van der Waals surface area contributed by atoms with Crippen LogP contribution in [0.5, 0.6) is 0 Å². The van der Waals surface area contributed by atoms with Gasteiger partial charge in [-0.15, -0.1) is 11.3 Å². The van der Waals surface area contributed by atoms with Gasteiger partial charge in [-0.05, 0) is 44.7 Å². The van der Waals surface area contributed by atoms with Crippen LogP contribution in [0.25, 0.3) is 10.2 Å². The molecule has 0 fully saturated rings. The van der Waals surface area contributed by atoms with Gasteiger partial charge in [0.25, 0.3) is 0 Å². The summed E-state index contributed by atoms with van der Waals surface area (Å²) in [7, 11) is 3.82. The van der Waals surface area contributed by atoms with Crippen molar-refractivity contribution in [3.63, 3.8) is 0 Å². The molecule has 6 heteroatoms. The van der Waals surface area contributed by atoms with E-state index in [0.29, 0.717) is 5.82 Å². The van der Waals surface area contributed by atoms with Crippen LogP contribution in [0.15, 0.2) is 0 Å². The number of nitrogen functional groups attached to an aromatic ring is 1. The second-order valence-electron chi connectivity index (χ2n) is 6.35. The lowest BCUT2D eigenvalue weighted by Gasteiger charge is -2.15. The quantitative estimate of drug-likeness (QED) is 0.650. The molecule has 0 aromatic carbocycles. The highest BCUT2D eigenvalue weighted by Gasteiger charge is 2.19. The number of ether oxygens (including phenoxy) is 1. The molecule has 5 nitrogen and oxygen atoms in total. The van der Waals surface area contributed by atoms with Crippen LogP contribution in [0.4, 0.5) is 5.82 Å². The van der Waals surface area contributed by atoms with Gasteiger partial charge in [-0.1, -0.05) is 6.42 Å². The topological polar surface area (TPSA) is 64.3 Å². The molecule has 0 saturated carbocycles. The highest BCUT2D eigenvalue weighted by Crippen LogP contribution is 2.37. The zero-order valence-corrected chi connectivity index (χ0v) is 14.9. The molecular formula is C17H26N4OS. The fraction of sp³-hybridized carbons (Fsp3) is 0.647. The summed E-state index contributed by atoms with van der Waals surface area (Å²) in [6.45, 7) is 2.48. The van der Waals surface area contributed by atoms with Crippen molar-refractivity contribution in [2.45, 2.75) is 45.1 Å². The van der Waals surface area contributed by atoms with Crippen LogP contribution in [0.1, 0.15) is 41.9 Å². The van der Waals surface area contributed by atoms with Crippen molar-refractivity contribution in [3.05, 3.63) is 16.3 Å². The molecule has 0 aliphatic heterocycles. The van der Waals surface area contributed by atoms with Crippen molar-refractivity contribution in [1.82, 2.24) is 14.9 Å². The highest BCUT2D eigenvalue weighted by molar-refractivity contribution is 7.18. The number of hydrogen-bond donors (Lipinski definition) is 1. The Morgan fingerprint density at radius 3 is 2.87 bits per heavy atom. The van der Waals surface area contributed by atoms with E-state index in [0.717, 1.165) is 48.6 Å². The van der Waals surface area contributed by atoms with Crippen molar-refractivity contribution in [3.8, 4) is 0 Å². The molecule has 1 aliphatic carbocycles. The number of rotatable bonds is 6. The van der Waals surface area contributed by atoms with E-state index in [1.165, 1.54) is 36.1 Å². The molecule has 0 atom stereocenters. The van der Waals surface area contributed by atoms with E-state index >= 15 is 0 Å². The van der Waals surface area contributed by atoms with Crippen LogP contribution in [0.3, 0.4) is 0 Å². The number of aryl methyl sites for hydroxylation is 2. The van der Waals surface area contributed by atoms with Gasteiger partial charge >= 0.3 is 0 Å². The number of fused-ring (bicyclic) bond motifs is 3. The summed E-state index contributed by atoms with van der Waals surface area (Å²) in [5, 5.41) is 1.12. The Hall–Kier alpha value is -1.24. The van der Waals surface area contributed by atoms with Gasteiger partial charge < -0.3 is 10.5 Å². The first-order valence-corrected chi connectivity index (χ1v) is 9.25. The lowest BCUT2D eigenvalue weighted by atomic mass is 10.1. The molecule has 1 aliphatic rings. The first-order valence-electron chi connectivity index (χ1n) is 8.43. The van der Waals surface area contributed by atoms with E-state index in [4.69, 9.17) is 15.5 Å². The lowest BCUT2D eigenvalue weighted by molar-refractivity contribution is 0.177. The van der Waals surface area contributed by atoms with Crippen LogP contribution in [0, 0.1) is 0 Å². The van der Waals surface area contributed by atoms with Crippen LogP contribution in [0.2, 0.25) is 0 Å². The summed E-state index contributed by atoms with van der Waals surface area (Å²) >= 11 is 1.82. The molecule has 23 heavy (non-hydrogen) atoms. The van der Waals surface area contributed by atoms with Crippen LogP contribution < -0.4 is 5.73 Å². The molecule has 0 amide bonds. The number of thiophene rings is 1. The number of nitrogens with two attached hydrogens (primary N) is 1.